The first-order valence-corrected chi connectivity index (χ1v) is 5.56. The smallest absolute Gasteiger partial charge is 0.225 e. The molecule has 0 bridgehead atoms. The molecule has 0 unspecified atom stereocenters. The maximum absolute atomic E-state index is 11.0. The maximum atomic E-state index is 11.0. The largest absolute Gasteiger partial charge is 0.353 e. The summed E-state index contributed by atoms with van der Waals surface area (Å²) in [6, 6.07) is 0. The fourth-order valence-electron chi connectivity index (χ4n) is 0.719. The van der Waals surface area contributed by atoms with Crippen LogP contribution in [0.2, 0.25) is 0 Å². The zero-order chi connectivity index (χ0) is 10.4. The van der Waals surface area contributed by atoms with Gasteiger partial charge in [0.05, 0.1) is 5.75 Å². The quantitative estimate of drug-likeness (QED) is 0.733. The predicted octanol–water partition coefficient (Wildman–Crippen LogP) is -0.158. The summed E-state index contributed by atoms with van der Waals surface area (Å²) in [5.41, 5.74) is 0. The number of rotatable bonds is 5. The van der Waals surface area contributed by atoms with Crippen LogP contribution in [0.25, 0.3) is 0 Å². The van der Waals surface area contributed by atoms with E-state index < -0.39 is 9.84 Å². The lowest BCUT2D eigenvalue weighted by Gasteiger charge is -2.01. The maximum Gasteiger partial charge on any atom is 0.225 e. The first-order valence-electron chi connectivity index (χ1n) is 3.85. The molecule has 0 amide bonds. The number of hydrogen-bond donors (Lipinski definition) is 1. The monoisotopic (exact) mass is 214 g/mol. The molecule has 1 aromatic heterocycles. The van der Waals surface area contributed by atoms with Crippen molar-refractivity contribution in [3.05, 3.63) is 24.6 Å². The summed E-state index contributed by atoms with van der Waals surface area (Å²) < 4.78 is 22.0. The highest BCUT2D eigenvalue weighted by Crippen LogP contribution is 1.94. The van der Waals surface area contributed by atoms with Crippen molar-refractivity contribution in [2.24, 2.45) is 0 Å². The van der Waals surface area contributed by atoms with Crippen molar-refractivity contribution in [2.75, 3.05) is 17.6 Å². The van der Waals surface area contributed by atoms with E-state index in [1.165, 1.54) is 12.7 Å². The number of nitrogens with one attached hydrogen (secondary N) is 1. The van der Waals surface area contributed by atoms with Crippen LogP contribution in [0.5, 0.6) is 0 Å². The van der Waals surface area contributed by atoms with Crippen molar-refractivity contribution in [1.82, 2.24) is 15.0 Å². The van der Waals surface area contributed by atoms with E-state index in [4.69, 9.17) is 0 Å². The molecule has 0 aliphatic heterocycles. The second-order valence-electron chi connectivity index (χ2n) is 2.42. The molecule has 0 saturated carbocycles. The van der Waals surface area contributed by atoms with Gasteiger partial charge in [-0.15, -0.1) is 0 Å². The average molecular weight is 214 g/mol. The minimum atomic E-state index is -3.16. The van der Waals surface area contributed by atoms with Crippen LogP contribution in [0.3, 0.4) is 0 Å². The van der Waals surface area contributed by atoms with Gasteiger partial charge in [0.25, 0.3) is 0 Å². The molecule has 1 rings (SSSR count). The number of anilines is 1. The molecule has 76 valence electrons. The number of nitrogens with zero attached hydrogens (tertiary/aromatic N) is 3. The molecule has 1 heterocycles. The molecule has 0 saturated heterocycles. The molecule has 0 aliphatic carbocycles. The third kappa shape index (κ3) is 3.48. The Bertz CT molecular complexity index is 389. The van der Waals surface area contributed by atoms with Gasteiger partial charge in [0.2, 0.25) is 5.95 Å². The van der Waals surface area contributed by atoms with Crippen LogP contribution in [0.4, 0.5) is 5.95 Å². The lowest BCUT2D eigenvalue weighted by Crippen LogP contribution is -2.14. The normalized spacial score (nSPS) is 10.9. The van der Waals surface area contributed by atoms with E-state index in [1.807, 2.05) is 0 Å². The molecule has 0 spiro atoms. The lowest BCUT2D eigenvalue weighted by atomic mass is 10.7. The molecule has 0 aromatic carbocycles. The van der Waals surface area contributed by atoms with E-state index in [-0.39, 0.29) is 12.3 Å². The number of aromatic nitrogens is 3. The molecule has 7 heteroatoms. The van der Waals surface area contributed by atoms with Crippen LogP contribution in [0, 0.1) is 0 Å². The van der Waals surface area contributed by atoms with Crippen molar-refractivity contribution in [2.45, 2.75) is 0 Å². The zero-order valence-corrected chi connectivity index (χ0v) is 8.24. The van der Waals surface area contributed by atoms with Crippen LogP contribution >= 0.6 is 0 Å². The average Bonchev–Trinajstić information content (AvgIpc) is 2.19. The SMILES string of the molecule is C=CS(=O)(=O)CCNc1ncncn1. The minimum Gasteiger partial charge on any atom is -0.353 e. The highest BCUT2D eigenvalue weighted by atomic mass is 32.2. The molecule has 0 atom stereocenters. The number of hydrogen-bond acceptors (Lipinski definition) is 6. The lowest BCUT2D eigenvalue weighted by molar-refractivity contribution is 0.605. The van der Waals surface area contributed by atoms with Gasteiger partial charge in [-0.05, 0) is 0 Å². The molecule has 1 N–H and O–H groups in total. The molecule has 14 heavy (non-hydrogen) atoms. The van der Waals surface area contributed by atoms with Gasteiger partial charge >= 0.3 is 0 Å². The summed E-state index contributed by atoms with van der Waals surface area (Å²) in [7, 11) is -3.16. The summed E-state index contributed by atoms with van der Waals surface area (Å²) in [4.78, 5) is 11.2. The highest BCUT2D eigenvalue weighted by Gasteiger charge is 2.04. The van der Waals surface area contributed by atoms with Gasteiger partial charge in [0.1, 0.15) is 12.7 Å². The van der Waals surface area contributed by atoms with Crippen molar-refractivity contribution >= 4 is 15.8 Å². The van der Waals surface area contributed by atoms with Gasteiger partial charge in [-0.3, -0.25) is 0 Å². The summed E-state index contributed by atoms with van der Waals surface area (Å²) in [5, 5.41) is 3.68. The Morgan fingerprint density at radius 2 is 2.07 bits per heavy atom. The minimum absolute atomic E-state index is 0.0256. The third-order valence-electron chi connectivity index (χ3n) is 1.42. The first kappa shape index (κ1) is 10.6. The fourth-order valence-corrected chi connectivity index (χ4v) is 1.27. The molecule has 6 nitrogen and oxygen atoms in total. The van der Waals surface area contributed by atoms with Gasteiger partial charge < -0.3 is 5.32 Å². The zero-order valence-electron chi connectivity index (χ0n) is 7.42. The Morgan fingerprint density at radius 3 is 2.64 bits per heavy atom. The third-order valence-corrected chi connectivity index (χ3v) is 2.70. The predicted molar refractivity (Wildman–Crippen MR) is 52.3 cm³/mol. The van der Waals surface area contributed by atoms with E-state index in [0.717, 1.165) is 5.41 Å². The van der Waals surface area contributed by atoms with E-state index in [0.29, 0.717) is 5.95 Å². The fraction of sp³-hybridized carbons (Fsp3) is 0.286. The molecule has 0 fully saturated rings. The first-order chi connectivity index (χ1) is 6.64. The number of sulfone groups is 1. The molecular weight excluding hydrogens is 204 g/mol. The van der Waals surface area contributed by atoms with Crippen molar-refractivity contribution in [3.8, 4) is 0 Å². The van der Waals surface area contributed by atoms with Crippen molar-refractivity contribution in [3.63, 3.8) is 0 Å². The molecular formula is C7H10N4O2S. The van der Waals surface area contributed by atoms with E-state index >= 15 is 0 Å². The summed E-state index contributed by atoms with van der Waals surface area (Å²) >= 11 is 0. The van der Waals surface area contributed by atoms with Crippen molar-refractivity contribution in [1.29, 1.82) is 0 Å². The molecule has 0 radical (unpaired) electrons. The van der Waals surface area contributed by atoms with Crippen LogP contribution in [0.15, 0.2) is 24.6 Å². The Hall–Kier alpha value is -1.50. The molecule has 1 aromatic rings. The van der Waals surface area contributed by atoms with Crippen LogP contribution in [-0.2, 0) is 9.84 Å². The van der Waals surface area contributed by atoms with Crippen LogP contribution in [-0.4, -0.2) is 35.7 Å². The van der Waals surface area contributed by atoms with Crippen LogP contribution in [0.1, 0.15) is 0 Å². The van der Waals surface area contributed by atoms with Gasteiger partial charge in [-0.25, -0.2) is 23.4 Å². The van der Waals surface area contributed by atoms with E-state index in [1.54, 1.807) is 0 Å². The summed E-state index contributed by atoms with van der Waals surface area (Å²) in [5.74, 6) is 0.335. The van der Waals surface area contributed by atoms with Gasteiger partial charge in [0, 0.05) is 12.0 Å². The van der Waals surface area contributed by atoms with E-state index in [2.05, 4.69) is 26.8 Å². The second-order valence-corrected chi connectivity index (χ2v) is 4.49. The Morgan fingerprint density at radius 1 is 1.43 bits per heavy atom. The summed E-state index contributed by atoms with van der Waals surface area (Å²) in [6.45, 7) is 3.45. The Kier molecular flexibility index (Phi) is 3.52. The Labute approximate surface area is 82.0 Å². The topological polar surface area (TPSA) is 84.8 Å². The van der Waals surface area contributed by atoms with Gasteiger partial charge in [0.15, 0.2) is 9.84 Å². The second kappa shape index (κ2) is 4.66. The van der Waals surface area contributed by atoms with Crippen molar-refractivity contribution < 1.29 is 8.42 Å². The van der Waals surface area contributed by atoms with Gasteiger partial charge in [-0.2, -0.15) is 0 Å². The molecule has 0 aliphatic rings. The Balaban J connectivity index is 2.40. The highest BCUT2D eigenvalue weighted by molar-refractivity contribution is 7.94. The van der Waals surface area contributed by atoms with Gasteiger partial charge in [-0.1, -0.05) is 6.58 Å². The van der Waals surface area contributed by atoms with Crippen LogP contribution < -0.4 is 5.32 Å². The summed E-state index contributed by atoms with van der Waals surface area (Å²) in [6.07, 6.45) is 2.66. The standard InChI is InChI=1S/C7H10N4O2S/c1-2-14(12,13)4-3-9-7-10-5-8-6-11-7/h2,5-6H,1,3-4H2,(H,8,9,10,11). The van der Waals surface area contributed by atoms with E-state index in [9.17, 15) is 8.42 Å².